The molecule has 0 spiro atoms. The van der Waals surface area contributed by atoms with E-state index in [-0.39, 0.29) is 75.2 Å². The Morgan fingerprint density at radius 3 is 1.58 bits per heavy atom. The van der Waals surface area contributed by atoms with Gasteiger partial charge in [-0.1, -0.05) is 107 Å². The topological polar surface area (TPSA) is 259 Å². The molecule has 19 heteroatoms. The Morgan fingerprint density at radius 2 is 1.04 bits per heavy atom. The number of thioether (sulfide) groups is 1. The van der Waals surface area contributed by atoms with E-state index >= 15 is 0 Å². The molecule has 8 atom stereocenters. The number of hydrogen-bond acceptors (Lipinski definition) is 11. The first-order chi connectivity index (χ1) is 33.6. The average molecular weight is 1020 g/mol. The molecule has 0 aromatic rings. The minimum absolute atomic E-state index is 0.0688. The van der Waals surface area contributed by atoms with Crippen LogP contribution in [-0.2, 0) is 47.9 Å². The summed E-state index contributed by atoms with van der Waals surface area (Å²) >= 11 is 1.45. The van der Waals surface area contributed by atoms with Gasteiger partial charge in [0.05, 0.1) is 6.42 Å². The fraction of sp³-hybridized carbons (Fsp3) is 0.827. The van der Waals surface area contributed by atoms with Crippen LogP contribution in [0, 0.1) is 23.7 Å². The maximum Gasteiger partial charge on any atom is 0.328 e. The van der Waals surface area contributed by atoms with Gasteiger partial charge in [-0.2, -0.15) is 11.8 Å². The van der Waals surface area contributed by atoms with Gasteiger partial charge in [0.1, 0.15) is 48.4 Å². The van der Waals surface area contributed by atoms with Crippen LogP contribution in [-0.4, -0.2) is 130 Å². The molecule has 2 aliphatic rings. The van der Waals surface area contributed by atoms with Gasteiger partial charge in [-0.3, -0.25) is 38.4 Å². The average Bonchev–Trinajstić information content (AvgIpc) is 3.78. The van der Waals surface area contributed by atoms with Gasteiger partial charge < -0.3 is 46.6 Å². The lowest BCUT2D eigenvalue weighted by molar-refractivity contribution is -0.155. The van der Waals surface area contributed by atoms with Crippen molar-refractivity contribution in [1.82, 2.24) is 36.8 Å². The first kappa shape index (κ1) is 62.7. The largest absolute Gasteiger partial charge is 0.481 e. The molecule has 0 aromatic heterocycles. The van der Waals surface area contributed by atoms with Gasteiger partial charge in [0.2, 0.25) is 41.4 Å². The van der Waals surface area contributed by atoms with E-state index in [1.54, 1.807) is 0 Å². The van der Waals surface area contributed by atoms with Crippen molar-refractivity contribution in [3.8, 4) is 0 Å². The van der Waals surface area contributed by atoms with Crippen molar-refractivity contribution >= 4 is 65.1 Å². The Kier molecular flexibility index (Phi) is 29.4. The molecule has 18 nitrogen and oxygen atoms in total. The first-order valence-electron chi connectivity index (χ1n) is 26.6. The number of unbranched alkanes of at least 4 members (excludes halogenated alkanes) is 7. The summed E-state index contributed by atoms with van der Waals surface area (Å²) < 4.78 is 6.09. The molecule has 71 heavy (non-hydrogen) atoms. The lowest BCUT2D eigenvalue weighted by atomic mass is 9.99. The van der Waals surface area contributed by atoms with Gasteiger partial charge in [0, 0.05) is 13.0 Å². The molecule has 0 bridgehead atoms. The molecule has 2 aliphatic heterocycles. The van der Waals surface area contributed by atoms with Gasteiger partial charge in [-0.05, 0) is 99.9 Å². The summed E-state index contributed by atoms with van der Waals surface area (Å²) in [7, 11) is 0. The molecule has 2 saturated heterocycles. The van der Waals surface area contributed by atoms with Crippen molar-refractivity contribution in [2.75, 3.05) is 18.6 Å². The standard InChI is InChI=1S/C52H91N7O11S/c1-11-12-13-14-15-16-17-18-20-36-31-44(60)53-37(22-23-45(61)62)46(63)55-39(27-32(2)3)48(65)54-38(24-26-71-10)47(64)57-41(29-34(6)7)51(68)59-25-19-21-43(59)50(67)56-40(28-33(4)5)49(66)58-42(30-35(8)9)52(69)70-36/h32-43H,11-31H2,1-10H3,(H,53,60)(H,54,65)(H,55,63)(H,56,67)(H,57,64)(H,58,66)(H,61,62)/t36-,37+,38+,39+,40-,41+,42+,43+/m1/s1. The number of carboxylic acid groups (broad SMARTS) is 1. The van der Waals surface area contributed by atoms with Crippen LogP contribution in [0.4, 0.5) is 0 Å². The Hall–Kier alpha value is -4.42. The van der Waals surface area contributed by atoms with Crippen LogP contribution in [0.2, 0.25) is 0 Å². The van der Waals surface area contributed by atoms with E-state index in [9.17, 15) is 48.3 Å². The highest BCUT2D eigenvalue weighted by Gasteiger charge is 2.41. The number of nitrogens with zero attached hydrogens (tertiary/aromatic N) is 1. The van der Waals surface area contributed by atoms with E-state index in [1.165, 1.54) is 23.1 Å². The number of cyclic esters (lactones) is 1. The number of ether oxygens (including phenoxy) is 1. The van der Waals surface area contributed by atoms with Crippen molar-refractivity contribution in [3.63, 3.8) is 0 Å². The fourth-order valence-electron chi connectivity index (χ4n) is 9.10. The third-order valence-corrected chi connectivity index (χ3v) is 13.4. The Labute approximate surface area is 428 Å². The zero-order valence-electron chi connectivity index (χ0n) is 44.7. The van der Waals surface area contributed by atoms with Crippen molar-refractivity contribution in [3.05, 3.63) is 0 Å². The lowest BCUT2D eigenvalue weighted by Gasteiger charge is -2.32. The van der Waals surface area contributed by atoms with Gasteiger partial charge >= 0.3 is 11.9 Å². The van der Waals surface area contributed by atoms with E-state index in [0.29, 0.717) is 31.4 Å². The monoisotopic (exact) mass is 1020 g/mol. The number of nitrogens with one attached hydrogen (secondary N) is 6. The predicted molar refractivity (Wildman–Crippen MR) is 276 cm³/mol. The third kappa shape index (κ3) is 24.2. The summed E-state index contributed by atoms with van der Waals surface area (Å²) in [5, 5.41) is 26.4. The van der Waals surface area contributed by atoms with Gasteiger partial charge in [-0.25, -0.2) is 4.79 Å². The molecule has 2 heterocycles. The molecular weight excluding hydrogens is 931 g/mol. The normalized spacial score (nSPS) is 25.2. The van der Waals surface area contributed by atoms with Crippen LogP contribution in [0.25, 0.3) is 0 Å². The summed E-state index contributed by atoms with van der Waals surface area (Å²) in [6.07, 6.45) is 9.70. The third-order valence-electron chi connectivity index (χ3n) is 12.8. The fourth-order valence-corrected chi connectivity index (χ4v) is 9.57. The minimum atomic E-state index is -1.40. The van der Waals surface area contributed by atoms with E-state index in [1.807, 2.05) is 61.6 Å². The van der Waals surface area contributed by atoms with Crippen molar-refractivity contribution in [2.45, 2.75) is 233 Å². The van der Waals surface area contributed by atoms with E-state index in [4.69, 9.17) is 4.74 Å². The quantitative estimate of drug-likeness (QED) is 0.0492. The number of hydrogen-bond donors (Lipinski definition) is 7. The van der Waals surface area contributed by atoms with E-state index in [2.05, 4.69) is 38.8 Å². The number of carbonyl (C=O) groups excluding carboxylic acids is 8. The molecule has 406 valence electrons. The van der Waals surface area contributed by atoms with Crippen LogP contribution < -0.4 is 31.9 Å². The second-order valence-corrected chi connectivity index (χ2v) is 22.4. The van der Waals surface area contributed by atoms with Crippen LogP contribution >= 0.6 is 11.8 Å². The first-order valence-corrected chi connectivity index (χ1v) is 28.0. The SMILES string of the molecule is CCCCCCCCCC[C@@H]1CC(=O)N[C@@H](CCC(=O)O)C(=O)N[C@@H](CC(C)C)C(=O)N[C@@H](CCSC)C(=O)N[C@@H](CC(C)C)C(=O)N2CCC[C@H]2C(=O)N[C@H](CC(C)C)C(=O)N[C@@H](CC(C)C)C(=O)O1. The second-order valence-electron chi connectivity index (χ2n) is 21.4. The zero-order chi connectivity index (χ0) is 53.2. The van der Waals surface area contributed by atoms with Gasteiger partial charge in [-0.15, -0.1) is 0 Å². The molecule has 0 aliphatic carbocycles. The minimum Gasteiger partial charge on any atom is -0.481 e. The number of rotatable bonds is 23. The molecular formula is C52H91N7O11S. The maximum absolute atomic E-state index is 14.5. The number of carboxylic acids is 1. The highest BCUT2D eigenvalue weighted by molar-refractivity contribution is 7.98. The van der Waals surface area contributed by atoms with Crippen LogP contribution in [0.5, 0.6) is 0 Å². The van der Waals surface area contributed by atoms with Crippen molar-refractivity contribution in [2.24, 2.45) is 23.7 Å². The number of aliphatic carboxylic acids is 1. The molecule has 0 radical (unpaired) electrons. The highest BCUT2D eigenvalue weighted by atomic mass is 32.2. The molecule has 2 fully saturated rings. The molecule has 2 rings (SSSR count). The van der Waals surface area contributed by atoms with E-state index < -0.39 is 108 Å². The predicted octanol–water partition coefficient (Wildman–Crippen LogP) is 5.53. The summed E-state index contributed by atoms with van der Waals surface area (Å²) in [5.74, 6) is -6.33. The zero-order valence-corrected chi connectivity index (χ0v) is 45.5. The number of carbonyl (C=O) groups is 9. The van der Waals surface area contributed by atoms with Gasteiger partial charge in [0.25, 0.3) is 0 Å². The molecule has 7 amide bonds. The Balaban J connectivity index is 2.73. The molecule has 7 N–H and O–H groups in total. The number of esters is 1. The number of fused-ring (bicyclic) bond motifs is 1. The van der Waals surface area contributed by atoms with E-state index in [0.717, 1.165) is 38.5 Å². The molecule has 0 saturated carbocycles. The lowest BCUT2D eigenvalue weighted by Crippen LogP contribution is -2.60. The summed E-state index contributed by atoms with van der Waals surface area (Å²) in [6, 6.07) is -7.99. The Morgan fingerprint density at radius 1 is 0.592 bits per heavy atom. The summed E-state index contributed by atoms with van der Waals surface area (Å²) in [5.41, 5.74) is 0. The van der Waals surface area contributed by atoms with Crippen LogP contribution in [0.3, 0.4) is 0 Å². The molecule has 0 unspecified atom stereocenters. The van der Waals surface area contributed by atoms with Crippen LogP contribution in [0.15, 0.2) is 0 Å². The van der Waals surface area contributed by atoms with Crippen LogP contribution in [0.1, 0.15) is 184 Å². The van der Waals surface area contributed by atoms with Crippen molar-refractivity contribution in [1.29, 1.82) is 0 Å². The summed E-state index contributed by atoms with van der Waals surface area (Å²) in [6.45, 7) is 17.4. The second kappa shape index (κ2) is 33.3. The molecule has 0 aromatic carbocycles. The maximum atomic E-state index is 14.5. The highest BCUT2D eigenvalue weighted by Crippen LogP contribution is 2.23. The Bertz CT molecular complexity index is 1730. The van der Waals surface area contributed by atoms with Crippen molar-refractivity contribution < 1.29 is 53.0 Å². The summed E-state index contributed by atoms with van der Waals surface area (Å²) in [4.78, 5) is 127. The number of amides is 7. The van der Waals surface area contributed by atoms with Gasteiger partial charge in [0.15, 0.2) is 0 Å². The smallest absolute Gasteiger partial charge is 0.328 e.